The molecule has 0 saturated carbocycles. The van der Waals surface area contributed by atoms with Crippen LogP contribution in [-0.2, 0) is 6.54 Å². The molecule has 4 nitrogen and oxygen atoms in total. The summed E-state index contributed by atoms with van der Waals surface area (Å²) in [6.07, 6.45) is 0. The summed E-state index contributed by atoms with van der Waals surface area (Å²) in [6.45, 7) is 2.69. The first-order valence-corrected chi connectivity index (χ1v) is 7.73. The molecule has 0 spiro atoms. The van der Waals surface area contributed by atoms with Crippen molar-refractivity contribution in [1.82, 2.24) is 9.97 Å². The van der Waals surface area contributed by atoms with Crippen LogP contribution in [0.1, 0.15) is 11.3 Å². The van der Waals surface area contributed by atoms with E-state index in [1.807, 2.05) is 38.2 Å². The Morgan fingerprint density at radius 1 is 1.00 bits per heavy atom. The fraction of sp³-hybridized carbons (Fsp3) is 0.158. The zero-order valence-electron chi connectivity index (χ0n) is 13.7. The summed E-state index contributed by atoms with van der Waals surface area (Å²) >= 11 is 0. The summed E-state index contributed by atoms with van der Waals surface area (Å²) in [6, 6.07) is 18.3. The summed E-state index contributed by atoms with van der Waals surface area (Å²) in [5.74, 6) is 1.06. The van der Waals surface area contributed by atoms with E-state index in [2.05, 4.69) is 32.3 Å². The van der Waals surface area contributed by atoms with E-state index in [0.29, 0.717) is 5.95 Å². The van der Waals surface area contributed by atoms with Crippen LogP contribution < -0.4 is 10.2 Å². The highest BCUT2D eigenvalue weighted by molar-refractivity contribution is 5.55. The first-order chi connectivity index (χ1) is 11.6. The number of nitrogens with zero attached hydrogens (tertiary/aromatic N) is 3. The Balaban J connectivity index is 1.79. The summed E-state index contributed by atoms with van der Waals surface area (Å²) in [4.78, 5) is 11.0. The monoisotopic (exact) mass is 322 g/mol. The minimum atomic E-state index is -0.269. The van der Waals surface area contributed by atoms with Gasteiger partial charge < -0.3 is 10.2 Å². The molecule has 122 valence electrons. The van der Waals surface area contributed by atoms with Gasteiger partial charge in [-0.3, -0.25) is 0 Å². The van der Waals surface area contributed by atoms with Gasteiger partial charge in [0, 0.05) is 31.0 Å². The number of benzene rings is 2. The van der Waals surface area contributed by atoms with E-state index in [4.69, 9.17) is 0 Å². The third-order valence-electron chi connectivity index (χ3n) is 3.59. The second-order valence-corrected chi connectivity index (χ2v) is 5.66. The molecule has 0 saturated heterocycles. The molecule has 0 aliphatic carbocycles. The van der Waals surface area contributed by atoms with E-state index >= 15 is 0 Å². The second kappa shape index (κ2) is 7.08. The molecule has 0 amide bonds. The van der Waals surface area contributed by atoms with E-state index in [0.717, 1.165) is 23.7 Å². The lowest BCUT2D eigenvalue weighted by Gasteiger charge is -2.19. The predicted molar refractivity (Wildman–Crippen MR) is 95.0 cm³/mol. The molecule has 3 rings (SSSR count). The summed E-state index contributed by atoms with van der Waals surface area (Å²) in [7, 11) is 2.00. The second-order valence-electron chi connectivity index (χ2n) is 5.66. The van der Waals surface area contributed by atoms with E-state index in [-0.39, 0.29) is 5.82 Å². The highest BCUT2D eigenvalue weighted by Gasteiger charge is 2.08. The van der Waals surface area contributed by atoms with Crippen LogP contribution in [0.3, 0.4) is 0 Å². The fourth-order valence-corrected chi connectivity index (χ4v) is 2.40. The molecule has 0 unspecified atom stereocenters. The van der Waals surface area contributed by atoms with Gasteiger partial charge in [0.05, 0.1) is 0 Å². The first-order valence-electron chi connectivity index (χ1n) is 7.73. The van der Waals surface area contributed by atoms with Gasteiger partial charge in [-0.2, -0.15) is 4.98 Å². The molecule has 1 N–H and O–H groups in total. The molecule has 0 bridgehead atoms. The van der Waals surface area contributed by atoms with Crippen LogP contribution in [0.15, 0.2) is 60.7 Å². The zero-order valence-corrected chi connectivity index (χ0v) is 13.7. The number of halogens is 1. The van der Waals surface area contributed by atoms with E-state index in [1.165, 1.54) is 17.7 Å². The summed E-state index contributed by atoms with van der Waals surface area (Å²) in [5.41, 5.74) is 2.83. The molecule has 0 aliphatic heterocycles. The Morgan fingerprint density at radius 2 is 1.71 bits per heavy atom. The third-order valence-corrected chi connectivity index (χ3v) is 3.59. The van der Waals surface area contributed by atoms with Crippen molar-refractivity contribution >= 4 is 17.5 Å². The summed E-state index contributed by atoms with van der Waals surface area (Å²) in [5, 5.41) is 3.12. The summed E-state index contributed by atoms with van der Waals surface area (Å²) < 4.78 is 13.0. The van der Waals surface area contributed by atoms with Gasteiger partial charge in [0.25, 0.3) is 0 Å². The minimum Gasteiger partial charge on any atom is -0.355 e. The van der Waals surface area contributed by atoms with Gasteiger partial charge in [0.2, 0.25) is 5.95 Å². The Kier molecular flexibility index (Phi) is 4.70. The van der Waals surface area contributed by atoms with Crippen LogP contribution in [0.25, 0.3) is 0 Å². The van der Waals surface area contributed by atoms with Gasteiger partial charge in [0.1, 0.15) is 11.6 Å². The van der Waals surface area contributed by atoms with Crippen LogP contribution in [0.2, 0.25) is 0 Å². The molecule has 3 aromatic rings. The minimum absolute atomic E-state index is 0.269. The van der Waals surface area contributed by atoms with Crippen molar-refractivity contribution in [2.24, 2.45) is 0 Å². The molecule has 1 heterocycles. The van der Waals surface area contributed by atoms with Gasteiger partial charge in [-0.05, 0) is 36.8 Å². The van der Waals surface area contributed by atoms with Gasteiger partial charge >= 0.3 is 0 Å². The Labute approximate surface area is 141 Å². The van der Waals surface area contributed by atoms with Crippen LogP contribution in [0.4, 0.5) is 21.8 Å². The average Bonchev–Trinajstić information content (AvgIpc) is 2.57. The SMILES string of the molecule is Cc1cc(N(C)Cc2ccccc2)nc(Nc2ccc(F)cc2)n1. The highest BCUT2D eigenvalue weighted by atomic mass is 19.1. The molecule has 5 heteroatoms. The van der Waals surface area contributed by atoms with Crippen molar-refractivity contribution in [3.05, 3.63) is 77.7 Å². The molecular formula is C19H19FN4. The van der Waals surface area contributed by atoms with Crippen molar-refractivity contribution < 1.29 is 4.39 Å². The predicted octanol–water partition coefficient (Wildman–Crippen LogP) is 4.30. The van der Waals surface area contributed by atoms with Crippen molar-refractivity contribution in [2.45, 2.75) is 13.5 Å². The fourth-order valence-electron chi connectivity index (χ4n) is 2.40. The number of nitrogens with one attached hydrogen (secondary N) is 1. The molecule has 0 radical (unpaired) electrons. The normalized spacial score (nSPS) is 10.5. The lowest BCUT2D eigenvalue weighted by atomic mass is 10.2. The lowest BCUT2D eigenvalue weighted by molar-refractivity contribution is 0.628. The zero-order chi connectivity index (χ0) is 16.9. The topological polar surface area (TPSA) is 41.1 Å². The van der Waals surface area contributed by atoms with Crippen LogP contribution in [0, 0.1) is 12.7 Å². The Hall–Kier alpha value is -2.95. The van der Waals surface area contributed by atoms with Crippen LogP contribution in [-0.4, -0.2) is 17.0 Å². The largest absolute Gasteiger partial charge is 0.355 e. The number of rotatable bonds is 5. The Morgan fingerprint density at radius 3 is 2.42 bits per heavy atom. The van der Waals surface area contributed by atoms with E-state index in [1.54, 1.807) is 12.1 Å². The van der Waals surface area contributed by atoms with Crippen molar-refractivity contribution in [1.29, 1.82) is 0 Å². The van der Waals surface area contributed by atoms with Crippen molar-refractivity contribution in [3.63, 3.8) is 0 Å². The number of aryl methyl sites for hydroxylation is 1. The van der Waals surface area contributed by atoms with Crippen LogP contribution >= 0.6 is 0 Å². The van der Waals surface area contributed by atoms with E-state index in [9.17, 15) is 4.39 Å². The number of hydrogen-bond donors (Lipinski definition) is 1. The van der Waals surface area contributed by atoms with Gasteiger partial charge in [-0.25, -0.2) is 9.37 Å². The molecule has 0 aliphatic rings. The van der Waals surface area contributed by atoms with Crippen molar-refractivity contribution in [2.75, 3.05) is 17.3 Å². The molecule has 0 fully saturated rings. The molecule has 24 heavy (non-hydrogen) atoms. The highest BCUT2D eigenvalue weighted by Crippen LogP contribution is 2.19. The number of hydrogen-bond acceptors (Lipinski definition) is 4. The average molecular weight is 322 g/mol. The van der Waals surface area contributed by atoms with E-state index < -0.39 is 0 Å². The smallest absolute Gasteiger partial charge is 0.229 e. The molecule has 1 aromatic heterocycles. The van der Waals surface area contributed by atoms with Gasteiger partial charge in [0.15, 0.2) is 0 Å². The molecular weight excluding hydrogens is 303 g/mol. The maximum absolute atomic E-state index is 13.0. The van der Waals surface area contributed by atoms with Crippen LogP contribution in [0.5, 0.6) is 0 Å². The maximum atomic E-state index is 13.0. The quantitative estimate of drug-likeness (QED) is 0.760. The van der Waals surface area contributed by atoms with Gasteiger partial charge in [-0.15, -0.1) is 0 Å². The first kappa shape index (κ1) is 15.9. The molecule has 0 atom stereocenters. The standard InChI is InChI=1S/C19H19FN4/c1-14-12-18(24(2)13-15-6-4-3-5-7-15)23-19(21-14)22-17-10-8-16(20)9-11-17/h3-12H,13H2,1-2H3,(H,21,22,23). The lowest BCUT2D eigenvalue weighted by Crippen LogP contribution is -2.18. The van der Waals surface area contributed by atoms with Gasteiger partial charge in [-0.1, -0.05) is 30.3 Å². The molecule has 2 aromatic carbocycles. The Bertz CT molecular complexity index is 803. The number of anilines is 3. The maximum Gasteiger partial charge on any atom is 0.229 e. The third kappa shape index (κ3) is 4.07. The van der Waals surface area contributed by atoms with Crippen molar-refractivity contribution in [3.8, 4) is 0 Å². The number of aromatic nitrogens is 2.